The first-order chi connectivity index (χ1) is 10.8. The molecule has 1 aliphatic carbocycles. The normalized spacial score (nSPS) is 19.2. The van der Waals surface area contributed by atoms with E-state index in [0.717, 1.165) is 11.8 Å². The largest absolute Gasteiger partial charge is 0.477 e. The summed E-state index contributed by atoms with van der Waals surface area (Å²) in [6.07, 6.45) is 0.0637. The maximum Gasteiger partial charge on any atom is 0.354 e. The number of benzene rings is 1. The van der Waals surface area contributed by atoms with E-state index in [1.54, 1.807) is 24.3 Å². The third-order valence-corrected chi connectivity index (χ3v) is 4.23. The van der Waals surface area contributed by atoms with Crippen LogP contribution < -0.4 is 17.0 Å². The molecule has 0 spiro atoms. The van der Waals surface area contributed by atoms with Crippen LogP contribution in [0.25, 0.3) is 0 Å². The van der Waals surface area contributed by atoms with Crippen molar-refractivity contribution in [2.24, 2.45) is 17.5 Å². The molecular weight excluding hydrogens is 324 g/mol. The van der Waals surface area contributed by atoms with Gasteiger partial charge < -0.3 is 16.3 Å². The van der Waals surface area contributed by atoms with E-state index in [-0.39, 0.29) is 17.9 Å². The topological polar surface area (TPSA) is 101 Å². The number of nitrogens with two attached hydrogens (primary N) is 2. The van der Waals surface area contributed by atoms with Gasteiger partial charge in [0.15, 0.2) is 0 Å². The molecule has 0 heterocycles. The zero-order valence-corrected chi connectivity index (χ0v) is 12.8. The smallest absolute Gasteiger partial charge is 0.354 e. The van der Waals surface area contributed by atoms with Crippen LogP contribution in [-0.4, -0.2) is 17.0 Å². The number of carboxylic acid groups (broad SMARTS) is 1. The molecule has 1 atom stereocenters. The summed E-state index contributed by atoms with van der Waals surface area (Å²) in [6.45, 7) is 0. The minimum Gasteiger partial charge on any atom is -0.477 e. The molecule has 1 aliphatic rings. The van der Waals surface area contributed by atoms with Crippen LogP contribution in [-0.2, 0) is 4.79 Å². The van der Waals surface area contributed by atoms with Crippen molar-refractivity contribution in [3.8, 4) is 11.8 Å². The van der Waals surface area contributed by atoms with Crippen molar-refractivity contribution in [2.45, 2.75) is 23.7 Å². The first kappa shape index (κ1) is 17.1. The van der Waals surface area contributed by atoms with Crippen LogP contribution >= 0.6 is 11.8 Å². The first-order valence-corrected chi connectivity index (χ1v) is 7.49. The number of rotatable bonds is 5. The van der Waals surface area contributed by atoms with Gasteiger partial charge in [-0.1, -0.05) is 29.7 Å². The van der Waals surface area contributed by atoms with Gasteiger partial charge >= 0.3 is 5.97 Å². The molecule has 8 heteroatoms. The summed E-state index contributed by atoms with van der Waals surface area (Å²) in [5.41, 5.74) is 7.91. The number of thioether (sulfide) groups is 1. The van der Waals surface area contributed by atoms with E-state index < -0.39 is 23.5 Å². The maximum atomic E-state index is 12.8. The van der Waals surface area contributed by atoms with Gasteiger partial charge in [0.05, 0.1) is 0 Å². The summed E-state index contributed by atoms with van der Waals surface area (Å²) in [7, 11) is 0. The van der Waals surface area contributed by atoms with Gasteiger partial charge in [0.25, 0.3) is 5.92 Å². The molecule has 5 nitrogen and oxygen atoms in total. The number of hydrazine groups is 1. The Morgan fingerprint density at radius 1 is 1.52 bits per heavy atom. The van der Waals surface area contributed by atoms with Gasteiger partial charge in [-0.25, -0.2) is 19.4 Å². The molecule has 1 aromatic carbocycles. The quantitative estimate of drug-likeness (QED) is 0.215. The molecule has 1 unspecified atom stereocenters. The van der Waals surface area contributed by atoms with Gasteiger partial charge in [0, 0.05) is 29.2 Å². The molecule has 1 fully saturated rings. The summed E-state index contributed by atoms with van der Waals surface area (Å²) < 4.78 is 25.5. The minimum atomic E-state index is -2.56. The summed E-state index contributed by atoms with van der Waals surface area (Å²) >= 11 is 1.04. The third-order valence-electron chi connectivity index (χ3n) is 3.20. The van der Waals surface area contributed by atoms with Gasteiger partial charge in [0.1, 0.15) is 10.7 Å². The van der Waals surface area contributed by atoms with Gasteiger partial charge in [-0.05, 0) is 18.2 Å². The van der Waals surface area contributed by atoms with E-state index in [1.165, 1.54) is 0 Å². The number of aliphatic carboxylic acids is 1. The number of alkyl halides is 2. The first-order valence-electron chi connectivity index (χ1n) is 6.67. The molecule has 23 heavy (non-hydrogen) atoms. The second kappa shape index (κ2) is 6.89. The molecule has 0 aromatic heterocycles. The second-order valence-corrected chi connectivity index (χ2v) is 6.07. The summed E-state index contributed by atoms with van der Waals surface area (Å²) in [5, 5.41) is 8.95. The number of nitrogens with one attached hydrogen (secondary N) is 1. The van der Waals surface area contributed by atoms with Gasteiger partial charge in [-0.15, -0.1) is 0 Å². The van der Waals surface area contributed by atoms with Crippen LogP contribution in [0.4, 0.5) is 8.78 Å². The number of halogens is 2. The highest BCUT2D eigenvalue weighted by molar-refractivity contribution is 8.03. The highest BCUT2D eigenvalue weighted by atomic mass is 32.2. The highest BCUT2D eigenvalue weighted by Gasteiger charge is 2.55. The zero-order valence-electron chi connectivity index (χ0n) is 12.0. The predicted molar refractivity (Wildman–Crippen MR) is 83.0 cm³/mol. The van der Waals surface area contributed by atoms with Crippen molar-refractivity contribution in [1.29, 1.82) is 0 Å². The molecular formula is C15H15F2N3O2S. The highest BCUT2D eigenvalue weighted by Crippen LogP contribution is 2.50. The summed E-state index contributed by atoms with van der Waals surface area (Å²) in [5.74, 6) is 6.35. The predicted octanol–water partition coefficient (Wildman–Crippen LogP) is 1.85. The zero-order chi connectivity index (χ0) is 17.0. The van der Waals surface area contributed by atoms with Crippen LogP contribution in [0.2, 0.25) is 0 Å². The standard InChI is InChI=1S/C15H15F2N3O2S/c16-15(17)8-10(15)5-1-3-9-4-2-6-11(7-9)23-13(20-19)12(18)14(21)22/h2,4,6-7,10,20H,5,8,18-19H2,(H,21,22)/b13-12+. The van der Waals surface area contributed by atoms with E-state index in [9.17, 15) is 13.6 Å². The Kier molecular flexibility index (Phi) is 5.13. The fourth-order valence-corrected chi connectivity index (χ4v) is 2.61. The van der Waals surface area contributed by atoms with E-state index in [2.05, 4.69) is 17.3 Å². The van der Waals surface area contributed by atoms with E-state index in [1.807, 2.05) is 0 Å². The Labute approximate surface area is 136 Å². The lowest BCUT2D eigenvalue weighted by molar-refractivity contribution is -0.132. The monoisotopic (exact) mass is 339 g/mol. The lowest BCUT2D eigenvalue weighted by Gasteiger charge is -2.08. The molecule has 0 saturated heterocycles. The molecule has 0 aliphatic heterocycles. The molecule has 122 valence electrons. The molecule has 0 amide bonds. The van der Waals surface area contributed by atoms with Crippen LogP contribution in [0, 0.1) is 17.8 Å². The molecule has 6 N–H and O–H groups in total. The number of carboxylic acids is 1. The van der Waals surface area contributed by atoms with Crippen molar-refractivity contribution in [2.75, 3.05) is 0 Å². The SMILES string of the molecule is NN/C(Sc1cccc(C#CCC2CC2(F)F)c1)=C(\N)C(=O)O. The lowest BCUT2D eigenvalue weighted by atomic mass is 10.2. The van der Waals surface area contributed by atoms with Crippen LogP contribution in [0.1, 0.15) is 18.4 Å². The number of hydrogen-bond donors (Lipinski definition) is 4. The Morgan fingerprint density at radius 2 is 2.22 bits per heavy atom. The van der Waals surface area contributed by atoms with Gasteiger partial charge in [-0.2, -0.15) is 0 Å². The van der Waals surface area contributed by atoms with E-state index >= 15 is 0 Å². The third kappa shape index (κ3) is 4.61. The Balaban J connectivity index is 2.07. The van der Waals surface area contributed by atoms with Crippen molar-refractivity contribution < 1.29 is 18.7 Å². The average molecular weight is 339 g/mol. The van der Waals surface area contributed by atoms with E-state index in [0.29, 0.717) is 10.5 Å². The number of hydrogen-bond acceptors (Lipinski definition) is 5. The van der Waals surface area contributed by atoms with Crippen molar-refractivity contribution in [1.82, 2.24) is 5.43 Å². The minimum absolute atomic E-state index is 0.0949. The molecule has 1 aromatic rings. The van der Waals surface area contributed by atoms with Crippen molar-refractivity contribution in [3.63, 3.8) is 0 Å². The Morgan fingerprint density at radius 3 is 2.78 bits per heavy atom. The van der Waals surface area contributed by atoms with Gasteiger partial charge in [0.2, 0.25) is 0 Å². The summed E-state index contributed by atoms with van der Waals surface area (Å²) in [6, 6.07) is 6.90. The second-order valence-electron chi connectivity index (χ2n) is 4.99. The maximum absolute atomic E-state index is 12.8. The molecule has 0 radical (unpaired) electrons. The summed E-state index contributed by atoms with van der Waals surface area (Å²) in [4.78, 5) is 11.5. The fraction of sp³-hybridized carbons (Fsp3) is 0.267. The van der Waals surface area contributed by atoms with Crippen LogP contribution in [0.5, 0.6) is 0 Å². The van der Waals surface area contributed by atoms with Crippen LogP contribution in [0.3, 0.4) is 0 Å². The number of carbonyl (C=O) groups is 1. The molecule has 2 rings (SSSR count). The molecule has 1 saturated carbocycles. The van der Waals surface area contributed by atoms with E-state index in [4.69, 9.17) is 16.7 Å². The van der Waals surface area contributed by atoms with Crippen LogP contribution in [0.15, 0.2) is 39.9 Å². The fourth-order valence-electron chi connectivity index (χ4n) is 1.78. The Hall–Kier alpha value is -2.24. The molecule has 0 bridgehead atoms. The lowest BCUT2D eigenvalue weighted by Crippen LogP contribution is -2.26. The average Bonchev–Trinajstić information content (AvgIpc) is 3.11. The van der Waals surface area contributed by atoms with Gasteiger partial charge in [-0.3, -0.25) is 0 Å². The van der Waals surface area contributed by atoms with Crippen molar-refractivity contribution in [3.05, 3.63) is 40.6 Å². The van der Waals surface area contributed by atoms with Crippen molar-refractivity contribution >= 4 is 17.7 Å². The Bertz CT molecular complexity index is 710.